The number of rotatable bonds is 4. The number of aryl methyl sites for hydroxylation is 2. The molecule has 1 atom stereocenters. The molecule has 0 saturated carbocycles. The van der Waals surface area contributed by atoms with Crippen molar-refractivity contribution in [2.45, 2.75) is 26.6 Å². The van der Waals surface area contributed by atoms with Gasteiger partial charge in [-0.25, -0.2) is 13.5 Å². The predicted octanol–water partition coefficient (Wildman–Crippen LogP) is 3.48. The second-order valence-electron chi connectivity index (χ2n) is 7.06. The number of nitrogens with zero attached hydrogens (tertiary/aromatic N) is 2. The maximum atomic E-state index is 13.4. The number of hydrogen-bond donors (Lipinski definition) is 2. The molecule has 2 aromatic carbocycles. The fraction of sp³-hybridized carbons (Fsp3) is 0.238. The summed E-state index contributed by atoms with van der Waals surface area (Å²) in [5, 5.41) is 10.7. The average Bonchev–Trinajstić information content (AvgIpc) is 3.06. The number of carbonyl (C=O) groups excluding carboxylic acids is 1. The van der Waals surface area contributed by atoms with Crippen LogP contribution in [0.1, 0.15) is 33.3 Å². The van der Waals surface area contributed by atoms with Crippen molar-refractivity contribution in [3.63, 3.8) is 0 Å². The Kier molecular flexibility index (Phi) is 4.68. The molecule has 28 heavy (non-hydrogen) atoms. The minimum absolute atomic E-state index is 0.196. The van der Waals surface area contributed by atoms with E-state index in [1.54, 1.807) is 10.7 Å². The van der Waals surface area contributed by atoms with Crippen molar-refractivity contribution in [3.05, 3.63) is 76.5 Å². The third-order valence-electron chi connectivity index (χ3n) is 4.84. The van der Waals surface area contributed by atoms with Crippen LogP contribution in [0.5, 0.6) is 0 Å². The van der Waals surface area contributed by atoms with Gasteiger partial charge in [0.25, 0.3) is 5.91 Å². The number of hydrogen-bond acceptors (Lipinski definition) is 3. The average molecular weight is 382 g/mol. The van der Waals surface area contributed by atoms with Crippen molar-refractivity contribution in [1.29, 1.82) is 0 Å². The summed E-state index contributed by atoms with van der Waals surface area (Å²) in [5.41, 5.74) is 4.85. The zero-order valence-corrected chi connectivity index (χ0v) is 15.6. The second kappa shape index (κ2) is 7.16. The van der Waals surface area contributed by atoms with Gasteiger partial charge in [0.15, 0.2) is 0 Å². The molecule has 0 radical (unpaired) electrons. The molecule has 3 aromatic rings. The monoisotopic (exact) mass is 382 g/mol. The van der Waals surface area contributed by atoms with Gasteiger partial charge in [0.1, 0.15) is 23.5 Å². The molecule has 1 amide bonds. The molecule has 144 valence electrons. The maximum absolute atomic E-state index is 13.4. The fourth-order valence-electron chi connectivity index (χ4n) is 3.51. The first-order valence-corrected chi connectivity index (χ1v) is 9.04. The van der Waals surface area contributed by atoms with Crippen molar-refractivity contribution < 1.29 is 13.6 Å². The van der Waals surface area contributed by atoms with E-state index in [4.69, 9.17) is 0 Å². The minimum Gasteiger partial charge on any atom is -0.347 e. The standard InChI is InChI=1S/C21H20F2N4O/c1-12-3-4-17(13(2)5-12)18-9-19-21(28)25-11-20(27(19)26-18)24-10-14-6-15(22)8-16(23)7-14/h3-9,20,24H,10-11H2,1-2H3,(H,25,28). The Hall–Kier alpha value is -3.06. The SMILES string of the molecule is Cc1ccc(-c2cc3n(n2)C(NCc2cc(F)cc(F)c2)CNC3=O)c(C)c1. The maximum Gasteiger partial charge on any atom is 0.269 e. The first-order valence-electron chi connectivity index (χ1n) is 9.04. The van der Waals surface area contributed by atoms with Crippen LogP contribution < -0.4 is 10.6 Å². The summed E-state index contributed by atoms with van der Waals surface area (Å²) >= 11 is 0. The highest BCUT2D eigenvalue weighted by Crippen LogP contribution is 2.26. The molecular weight excluding hydrogens is 362 g/mol. The lowest BCUT2D eigenvalue weighted by Gasteiger charge is -2.25. The van der Waals surface area contributed by atoms with Crippen LogP contribution in [0.15, 0.2) is 42.5 Å². The first-order chi connectivity index (χ1) is 13.4. The molecule has 0 fully saturated rings. The number of halogens is 2. The number of amides is 1. The fourth-order valence-corrected chi connectivity index (χ4v) is 3.51. The molecule has 5 nitrogen and oxygen atoms in total. The number of benzene rings is 2. The summed E-state index contributed by atoms with van der Waals surface area (Å²) in [5.74, 6) is -1.44. The summed E-state index contributed by atoms with van der Waals surface area (Å²) in [6.45, 7) is 4.61. The summed E-state index contributed by atoms with van der Waals surface area (Å²) in [6.07, 6.45) is -0.321. The van der Waals surface area contributed by atoms with Crippen molar-refractivity contribution in [1.82, 2.24) is 20.4 Å². The zero-order chi connectivity index (χ0) is 19.8. The molecule has 1 aromatic heterocycles. The van der Waals surface area contributed by atoms with Crippen LogP contribution in [-0.2, 0) is 6.54 Å². The van der Waals surface area contributed by atoms with Gasteiger partial charge in [0.2, 0.25) is 0 Å². The smallest absolute Gasteiger partial charge is 0.269 e. The molecule has 2 N–H and O–H groups in total. The van der Waals surface area contributed by atoms with Crippen molar-refractivity contribution >= 4 is 5.91 Å². The van der Waals surface area contributed by atoms with Crippen molar-refractivity contribution in [3.8, 4) is 11.3 Å². The van der Waals surface area contributed by atoms with E-state index in [-0.39, 0.29) is 18.6 Å². The third-order valence-corrected chi connectivity index (χ3v) is 4.84. The van der Waals surface area contributed by atoms with Gasteiger partial charge in [-0.1, -0.05) is 23.8 Å². The molecule has 0 bridgehead atoms. The Bertz CT molecular complexity index is 1040. The van der Waals surface area contributed by atoms with Gasteiger partial charge >= 0.3 is 0 Å². The number of aromatic nitrogens is 2. The largest absolute Gasteiger partial charge is 0.347 e. The van der Waals surface area contributed by atoms with E-state index in [1.165, 1.54) is 12.1 Å². The molecule has 1 aliphatic rings. The van der Waals surface area contributed by atoms with Crippen LogP contribution >= 0.6 is 0 Å². The number of carbonyl (C=O) groups is 1. The highest BCUT2D eigenvalue weighted by atomic mass is 19.1. The highest BCUT2D eigenvalue weighted by Gasteiger charge is 2.27. The van der Waals surface area contributed by atoms with Gasteiger partial charge < -0.3 is 5.32 Å². The molecular formula is C21H20F2N4O. The van der Waals surface area contributed by atoms with Crippen molar-refractivity contribution in [2.75, 3.05) is 6.54 Å². The number of fused-ring (bicyclic) bond motifs is 1. The Balaban J connectivity index is 1.61. The van der Waals surface area contributed by atoms with E-state index in [2.05, 4.69) is 21.8 Å². The Morgan fingerprint density at radius 3 is 2.61 bits per heavy atom. The van der Waals surface area contributed by atoms with Gasteiger partial charge in [-0.15, -0.1) is 0 Å². The van der Waals surface area contributed by atoms with E-state index in [0.717, 1.165) is 22.8 Å². The molecule has 0 aliphatic carbocycles. The summed E-state index contributed by atoms with van der Waals surface area (Å²) in [6, 6.07) is 11.2. The summed E-state index contributed by atoms with van der Waals surface area (Å²) < 4.78 is 28.4. The Morgan fingerprint density at radius 2 is 1.89 bits per heavy atom. The predicted molar refractivity (Wildman–Crippen MR) is 102 cm³/mol. The normalized spacial score (nSPS) is 16.0. The molecule has 7 heteroatoms. The van der Waals surface area contributed by atoms with Crippen LogP contribution in [-0.4, -0.2) is 22.2 Å². The van der Waals surface area contributed by atoms with Gasteiger partial charge in [-0.2, -0.15) is 5.10 Å². The van der Waals surface area contributed by atoms with Crippen LogP contribution in [0.3, 0.4) is 0 Å². The van der Waals surface area contributed by atoms with Crippen LogP contribution in [0.2, 0.25) is 0 Å². The van der Waals surface area contributed by atoms with Crippen molar-refractivity contribution in [2.24, 2.45) is 0 Å². The van der Waals surface area contributed by atoms with E-state index < -0.39 is 11.6 Å². The van der Waals surface area contributed by atoms with E-state index in [0.29, 0.717) is 23.5 Å². The van der Waals surface area contributed by atoms with Gasteiger partial charge in [-0.3, -0.25) is 10.1 Å². The molecule has 2 heterocycles. The van der Waals surface area contributed by atoms with E-state index in [9.17, 15) is 13.6 Å². The quantitative estimate of drug-likeness (QED) is 0.726. The Morgan fingerprint density at radius 1 is 1.14 bits per heavy atom. The van der Waals surface area contributed by atoms with E-state index >= 15 is 0 Å². The number of nitrogens with one attached hydrogen (secondary N) is 2. The van der Waals surface area contributed by atoms with Gasteiger partial charge in [0.05, 0.1) is 12.2 Å². The van der Waals surface area contributed by atoms with E-state index in [1.807, 2.05) is 26.0 Å². The first kappa shape index (κ1) is 18.3. The highest BCUT2D eigenvalue weighted by molar-refractivity contribution is 5.94. The molecule has 0 spiro atoms. The summed E-state index contributed by atoms with van der Waals surface area (Å²) in [7, 11) is 0. The third kappa shape index (κ3) is 3.53. The topological polar surface area (TPSA) is 59.0 Å². The lowest BCUT2D eigenvalue weighted by atomic mass is 10.0. The van der Waals surface area contributed by atoms with Crippen LogP contribution in [0.4, 0.5) is 8.78 Å². The lowest BCUT2D eigenvalue weighted by Crippen LogP contribution is -2.45. The molecule has 4 rings (SSSR count). The molecule has 1 unspecified atom stereocenters. The van der Waals surface area contributed by atoms with Crippen LogP contribution in [0.25, 0.3) is 11.3 Å². The minimum atomic E-state index is -0.620. The zero-order valence-electron chi connectivity index (χ0n) is 15.6. The van der Waals surface area contributed by atoms with Crippen LogP contribution in [0, 0.1) is 25.5 Å². The molecule has 1 aliphatic heterocycles. The second-order valence-corrected chi connectivity index (χ2v) is 7.06. The van der Waals surface area contributed by atoms with Gasteiger partial charge in [0, 0.05) is 18.2 Å². The molecule has 0 saturated heterocycles. The summed E-state index contributed by atoms with van der Waals surface area (Å²) in [4.78, 5) is 12.3. The lowest BCUT2D eigenvalue weighted by molar-refractivity contribution is 0.0900. The van der Waals surface area contributed by atoms with Gasteiger partial charge in [-0.05, 0) is 43.2 Å². The Labute approximate surface area is 161 Å².